The number of hydrogen-bond donors (Lipinski definition) is 1. The van der Waals surface area contributed by atoms with Crippen LogP contribution >= 0.6 is 0 Å². The van der Waals surface area contributed by atoms with Crippen molar-refractivity contribution in [2.24, 2.45) is 23.5 Å². The van der Waals surface area contributed by atoms with Crippen molar-refractivity contribution in [1.82, 2.24) is 4.90 Å². The van der Waals surface area contributed by atoms with Gasteiger partial charge in [0.1, 0.15) is 0 Å². The Kier molecular flexibility index (Phi) is 4.41. The van der Waals surface area contributed by atoms with Gasteiger partial charge in [-0.3, -0.25) is 4.79 Å². The van der Waals surface area contributed by atoms with E-state index in [9.17, 15) is 18.0 Å². The minimum atomic E-state index is -4.33. The quantitative estimate of drug-likeness (QED) is 0.826. The molecule has 0 radical (unpaired) electrons. The fourth-order valence-electron chi connectivity index (χ4n) is 2.00. The van der Waals surface area contributed by atoms with Crippen LogP contribution in [0.4, 0.5) is 13.2 Å². The summed E-state index contributed by atoms with van der Waals surface area (Å²) in [6, 6.07) is 0. The minimum Gasteiger partial charge on any atom is -0.342 e. The van der Waals surface area contributed by atoms with E-state index in [2.05, 4.69) is 0 Å². The molecule has 0 aromatic carbocycles. The first kappa shape index (κ1) is 14.3. The molecule has 0 aromatic rings. The standard InChI is InChI=1S/C11H19F3N2O/c1-7(2)8-3-10(17)16(5-8)6-9(4-15)11(12,13)14/h7-9H,3-6,15H2,1-2H3. The Morgan fingerprint density at radius 2 is 2.06 bits per heavy atom. The summed E-state index contributed by atoms with van der Waals surface area (Å²) < 4.78 is 37.6. The van der Waals surface area contributed by atoms with Crippen molar-refractivity contribution in [1.29, 1.82) is 0 Å². The molecule has 1 rings (SSSR count). The first-order valence-electron chi connectivity index (χ1n) is 5.80. The summed E-state index contributed by atoms with van der Waals surface area (Å²) in [5.74, 6) is -1.33. The van der Waals surface area contributed by atoms with Crippen molar-refractivity contribution >= 4 is 5.91 Å². The number of halogens is 3. The average Bonchev–Trinajstić information content (AvgIpc) is 2.54. The number of carbonyl (C=O) groups excluding carboxylic acids is 1. The van der Waals surface area contributed by atoms with Gasteiger partial charge in [0.25, 0.3) is 0 Å². The lowest BCUT2D eigenvalue weighted by Crippen LogP contribution is -2.41. The molecule has 2 unspecified atom stereocenters. The highest BCUT2D eigenvalue weighted by Crippen LogP contribution is 2.30. The van der Waals surface area contributed by atoms with E-state index in [4.69, 9.17) is 5.73 Å². The average molecular weight is 252 g/mol. The molecule has 0 aromatic heterocycles. The zero-order valence-electron chi connectivity index (χ0n) is 10.1. The predicted octanol–water partition coefficient (Wildman–Crippen LogP) is 1.63. The van der Waals surface area contributed by atoms with Crippen molar-refractivity contribution < 1.29 is 18.0 Å². The second-order valence-corrected chi connectivity index (χ2v) is 4.98. The number of rotatable bonds is 4. The largest absolute Gasteiger partial charge is 0.394 e. The lowest BCUT2D eigenvalue weighted by atomic mass is 9.95. The van der Waals surface area contributed by atoms with Crippen molar-refractivity contribution in [2.75, 3.05) is 19.6 Å². The maximum atomic E-state index is 12.5. The van der Waals surface area contributed by atoms with E-state index < -0.39 is 18.6 Å². The van der Waals surface area contributed by atoms with Crippen LogP contribution in [0.25, 0.3) is 0 Å². The minimum absolute atomic E-state index is 0.161. The summed E-state index contributed by atoms with van der Waals surface area (Å²) in [6.07, 6.45) is -3.97. The molecule has 0 spiro atoms. The van der Waals surface area contributed by atoms with Gasteiger partial charge in [-0.05, 0) is 11.8 Å². The number of nitrogens with two attached hydrogens (primary N) is 1. The van der Waals surface area contributed by atoms with Crippen LogP contribution in [-0.4, -0.2) is 36.6 Å². The molecule has 2 N–H and O–H groups in total. The maximum absolute atomic E-state index is 12.5. The topological polar surface area (TPSA) is 46.3 Å². The zero-order valence-corrected chi connectivity index (χ0v) is 10.1. The molecule has 0 aliphatic carbocycles. The number of carbonyl (C=O) groups is 1. The fraction of sp³-hybridized carbons (Fsp3) is 0.909. The lowest BCUT2D eigenvalue weighted by Gasteiger charge is -2.25. The van der Waals surface area contributed by atoms with Gasteiger partial charge in [-0.1, -0.05) is 13.8 Å². The first-order valence-corrected chi connectivity index (χ1v) is 5.80. The van der Waals surface area contributed by atoms with E-state index in [0.717, 1.165) is 0 Å². The van der Waals surface area contributed by atoms with E-state index in [0.29, 0.717) is 18.9 Å². The summed E-state index contributed by atoms with van der Waals surface area (Å²) in [5.41, 5.74) is 5.12. The number of nitrogens with zero attached hydrogens (tertiary/aromatic N) is 1. The maximum Gasteiger partial charge on any atom is 0.394 e. The molecule has 17 heavy (non-hydrogen) atoms. The second-order valence-electron chi connectivity index (χ2n) is 4.98. The van der Waals surface area contributed by atoms with E-state index in [-0.39, 0.29) is 18.4 Å². The highest BCUT2D eigenvalue weighted by molar-refractivity contribution is 5.78. The predicted molar refractivity (Wildman–Crippen MR) is 58.1 cm³/mol. The van der Waals surface area contributed by atoms with Gasteiger partial charge in [-0.15, -0.1) is 0 Å². The SMILES string of the molecule is CC(C)C1CC(=O)N(CC(CN)C(F)(F)F)C1. The van der Waals surface area contributed by atoms with E-state index in [1.165, 1.54) is 4.90 Å². The molecule has 1 amide bonds. The Hall–Kier alpha value is -0.780. The smallest absolute Gasteiger partial charge is 0.342 e. The van der Waals surface area contributed by atoms with Crippen molar-refractivity contribution in [3.8, 4) is 0 Å². The number of hydrogen-bond acceptors (Lipinski definition) is 2. The molecule has 2 atom stereocenters. The molecule has 1 fully saturated rings. The van der Waals surface area contributed by atoms with Crippen molar-refractivity contribution in [3.63, 3.8) is 0 Å². The van der Waals surface area contributed by atoms with E-state index in [1.807, 2.05) is 13.8 Å². The second kappa shape index (κ2) is 5.25. The van der Waals surface area contributed by atoms with Gasteiger partial charge in [0.05, 0.1) is 5.92 Å². The van der Waals surface area contributed by atoms with Crippen LogP contribution in [0, 0.1) is 17.8 Å². The fourth-order valence-corrected chi connectivity index (χ4v) is 2.00. The van der Waals surface area contributed by atoms with Crippen LogP contribution in [0.2, 0.25) is 0 Å². The first-order chi connectivity index (χ1) is 7.75. The van der Waals surface area contributed by atoms with Gasteiger partial charge in [-0.25, -0.2) is 0 Å². The van der Waals surface area contributed by atoms with Gasteiger partial charge in [0.2, 0.25) is 5.91 Å². The third-order valence-corrected chi connectivity index (χ3v) is 3.38. The summed E-state index contributed by atoms with van der Waals surface area (Å²) in [7, 11) is 0. The van der Waals surface area contributed by atoms with E-state index >= 15 is 0 Å². The third kappa shape index (κ3) is 3.59. The summed E-state index contributed by atoms with van der Waals surface area (Å²) in [5, 5.41) is 0. The Balaban J connectivity index is 2.60. The Bertz CT molecular complexity index is 278. The molecule has 0 saturated carbocycles. The van der Waals surface area contributed by atoms with Crippen LogP contribution in [0.1, 0.15) is 20.3 Å². The van der Waals surface area contributed by atoms with Crippen molar-refractivity contribution in [2.45, 2.75) is 26.4 Å². The number of likely N-dealkylation sites (tertiary alicyclic amines) is 1. The van der Waals surface area contributed by atoms with Crippen LogP contribution < -0.4 is 5.73 Å². The Morgan fingerprint density at radius 1 is 1.47 bits per heavy atom. The molecule has 1 saturated heterocycles. The van der Waals surface area contributed by atoms with Gasteiger partial charge in [0.15, 0.2) is 0 Å². The van der Waals surface area contributed by atoms with Gasteiger partial charge < -0.3 is 10.6 Å². The van der Waals surface area contributed by atoms with Gasteiger partial charge in [0, 0.05) is 26.1 Å². The van der Waals surface area contributed by atoms with Gasteiger partial charge in [-0.2, -0.15) is 13.2 Å². The van der Waals surface area contributed by atoms with Crippen molar-refractivity contribution in [3.05, 3.63) is 0 Å². The van der Waals surface area contributed by atoms with Gasteiger partial charge >= 0.3 is 6.18 Å². The molecule has 6 heteroatoms. The molecular weight excluding hydrogens is 233 g/mol. The molecule has 0 bridgehead atoms. The monoisotopic (exact) mass is 252 g/mol. The highest BCUT2D eigenvalue weighted by atomic mass is 19.4. The number of alkyl halides is 3. The number of amides is 1. The summed E-state index contributed by atoms with van der Waals surface area (Å²) >= 11 is 0. The van der Waals surface area contributed by atoms with Crippen LogP contribution in [0.5, 0.6) is 0 Å². The highest BCUT2D eigenvalue weighted by Gasteiger charge is 2.42. The Labute approximate surface area is 99.1 Å². The molecule has 1 aliphatic rings. The van der Waals surface area contributed by atoms with Crippen LogP contribution in [0.15, 0.2) is 0 Å². The van der Waals surface area contributed by atoms with E-state index in [1.54, 1.807) is 0 Å². The zero-order chi connectivity index (χ0) is 13.2. The molecule has 3 nitrogen and oxygen atoms in total. The third-order valence-electron chi connectivity index (χ3n) is 3.38. The normalized spacial score (nSPS) is 23.6. The Morgan fingerprint density at radius 3 is 2.41 bits per heavy atom. The molecule has 1 heterocycles. The summed E-state index contributed by atoms with van der Waals surface area (Å²) in [6.45, 7) is 3.60. The van der Waals surface area contributed by atoms with Crippen LogP contribution in [0.3, 0.4) is 0 Å². The summed E-state index contributed by atoms with van der Waals surface area (Å²) in [4.78, 5) is 12.9. The lowest BCUT2D eigenvalue weighted by molar-refractivity contribution is -0.176. The molecule has 100 valence electrons. The molecular formula is C11H19F3N2O. The van der Waals surface area contributed by atoms with Crippen LogP contribution in [-0.2, 0) is 4.79 Å². The molecule has 1 aliphatic heterocycles.